The number of esters is 1. The van der Waals surface area contributed by atoms with Crippen LogP contribution in [0.15, 0.2) is 5.10 Å². The Morgan fingerprint density at radius 3 is 3.00 bits per heavy atom. The lowest BCUT2D eigenvalue weighted by Crippen LogP contribution is -2.29. The topological polar surface area (TPSA) is 51.1 Å². The first-order valence-corrected chi connectivity index (χ1v) is 6.14. The van der Waals surface area contributed by atoms with Crippen molar-refractivity contribution in [3.63, 3.8) is 0 Å². The molecule has 0 aromatic rings. The number of nitrogens with zero attached hydrogens (tertiary/aromatic N) is 2. The summed E-state index contributed by atoms with van der Waals surface area (Å²) in [6, 6.07) is 0.353. The zero-order chi connectivity index (χ0) is 12.7. The first kappa shape index (κ1) is 14.0. The van der Waals surface area contributed by atoms with Crippen molar-refractivity contribution in [1.29, 1.82) is 0 Å². The molecule has 0 N–H and O–H groups in total. The highest BCUT2D eigenvalue weighted by molar-refractivity contribution is 5.71. The zero-order valence-corrected chi connectivity index (χ0v) is 10.9. The van der Waals surface area contributed by atoms with Crippen molar-refractivity contribution in [3.8, 4) is 0 Å². The highest BCUT2D eigenvalue weighted by atomic mass is 16.5. The van der Waals surface area contributed by atoms with Crippen LogP contribution in [-0.2, 0) is 14.3 Å². The maximum absolute atomic E-state index is 10.9. The van der Waals surface area contributed by atoms with E-state index in [4.69, 9.17) is 9.47 Å². The van der Waals surface area contributed by atoms with E-state index >= 15 is 0 Å². The summed E-state index contributed by atoms with van der Waals surface area (Å²) in [7, 11) is 1.70. The van der Waals surface area contributed by atoms with E-state index in [2.05, 4.69) is 5.10 Å². The van der Waals surface area contributed by atoms with Gasteiger partial charge in [0.25, 0.3) is 0 Å². The number of carbonyl (C=O) groups excluding carboxylic acids is 1. The molecule has 0 bridgehead atoms. The molecule has 1 aliphatic rings. The van der Waals surface area contributed by atoms with Gasteiger partial charge in [-0.2, -0.15) is 5.10 Å². The quantitative estimate of drug-likeness (QED) is 0.522. The molecule has 0 amide bonds. The molecule has 1 aliphatic heterocycles. The second kappa shape index (κ2) is 7.27. The summed E-state index contributed by atoms with van der Waals surface area (Å²) in [6.45, 7) is 5.03. The Balaban J connectivity index is 2.47. The van der Waals surface area contributed by atoms with Gasteiger partial charge >= 0.3 is 5.97 Å². The average molecular weight is 242 g/mol. The number of hydrazone groups is 1. The Bertz CT molecular complexity index is 268. The van der Waals surface area contributed by atoms with E-state index in [1.807, 2.05) is 11.9 Å². The molecule has 5 nitrogen and oxygen atoms in total. The Morgan fingerprint density at radius 2 is 2.41 bits per heavy atom. The lowest BCUT2D eigenvalue weighted by atomic mass is 10.2. The normalized spacial score (nSPS) is 22.1. The number of hydrogen-bond donors (Lipinski definition) is 0. The third-order valence-electron chi connectivity index (χ3n) is 2.81. The summed E-state index contributed by atoms with van der Waals surface area (Å²) in [5.74, 6) is -0.266. The maximum atomic E-state index is 10.9. The van der Waals surface area contributed by atoms with E-state index in [1.165, 1.54) is 6.92 Å². The molecule has 5 heteroatoms. The van der Waals surface area contributed by atoms with Gasteiger partial charge in [-0.25, -0.2) is 0 Å². The van der Waals surface area contributed by atoms with Gasteiger partial charge in [-0.3, -0.25) is 9.80 Å². The third kappa shape index (κ3) is 4.73. The summed E-state index contributed by atoms with van der Waals surface area (Å²) in [5, 5.41) is 6.42. The molecule has 1 heterocycles. The van der Waals surface area contributed by atoms with E-state index in [-0.39, 0.29) is 12.1 Å². The molecule has 0 radical (unpaired) electrons. The SMILES string of the molecule is CCC(/C=N/N1CCC[C@H]1COC)OC(C)=O. The van der Waals surface area contributed by atoms with Crippen molar-refractivity contribution in [2.24, 2.45) is 5.10 Å². The smallest absolute Gasteiger partial charge is 0.303 e. The molecule has 0 aromatic heterocycles. The van der Waals surface area contributed by atoms with Gasteiger partial charge in [-0.1, -0.05) is 6.92 Å². The van der Waals surface area contributed by atoms with Crippen molar-refractivity contribution in [2.75, 3.05) is 20.3 Å². The van der Waals surface area contributed by atoms with Crippen LogP contribution in [0.1, 0.15) is 33.1 Å². The van der Waals surface area contributed by atoms with Gasteiger partial charge in [0.1, 0.15) is 6.10 Å². The number of rotatable bonds is 6. The molecule has 2 atom stereocenters. The molecule has 1 fully saturated rings. The summed E-state index contributed by atoms with van der Waals surface area (Å²) in [5.41, 5.74) is 0. The standard InChI is InChI=1S/C12H22N2O3/c1-4-12(17-10(2)15)8-13-14-7-5-6-11(14)9-16-3/h8,11-12H,4-7,9H2,1-3H3/b13-8+/t11-,12?/m0/s1. The van der Waals surface area contributed by atoms with E-state index < -0.39 is 0 Å². The molecule has 1 rings (SSSR count). The number of ether oxygens (including phenoxy) is 2. The predicted octanol–water partition coefficient (Wildman–Crippen LogP) is 1.42. The molecular weight excluding hydrogens is 220 g/mol. The first-order valence-electron chi connectivity index (χ1n) is 6.14. The largest absolute Gasteiger partial charge is 0.457 e. The summed E-state index contributed by atoms with van der Waals surface area (Å²) in [4.78, 5) is 10.9. The number of carbonyl (C=O) groups is 1. The minimum Gasteiger partial charge on any atom is -0.457 e. The van der Waals surface area contributed by atoms with Crippen LogP contribution in [0.4, 0.5) is 0 Å². The summed E-state index contributed by atoms with van der Waals surface area (Å²) < 4.78 is 10.3. The maximum Gasteiger partial charge on any atom is 0.303 e. The van der Waals surface area contributed by atoms with Gasteiger partial charge in [0.2, 0.25) is 0 Å². The Morgan fingerprint density at radius 1 is 1.65 bits per heavy atom. The predicted molar refractivity (Wildman–Crippen MR) is 65.9 cm³/mol. The number of methoxy groups -OCH3 is 1. The minimum atomic E-state index is -0.266. The Kier molecular flexibility index (Phi) is 5.97. The van der Waals surface area contributed by atoms with Crippen LogP contribution in [0.2, 0.25) is 0 Å². The third-order valence-corrected chi connectivity index (χ3v) is 2.81. The van der Waals surface area contributed by atoms with E-state index in [0.29, 0.717) is 12.6 Å². The molecule has 98 valence electrons. The fraction of sp³-hybridized carbons (Fsp3) is 0.833. The van der Waals surface area contributed by atoms with Crippen molar-refractivity contribution in [2.45, 2.75) is 45.3 Å². The fourth-order valence-corrected chi connectivity index (χ4v) is 1.93. The minimum absolute atomic E-state index is 0.226. The second-order valence-electron chi connectivity index (χ2n) is 4.24. The van der Waals surface area contributed by atoms with Gasteiger partial charge < -0.3 is 9.47 Å². The van der Waals surface area contributed by atoms with Gasteiger partial charge in [0, 0.05) is 20.6 Å². The molecule has 17 heavy (non-hydrogen) atoms. The number of hydrogen-bond acceptors (Lipinski definition) is 5. The first-order chi connectivity index (χ1) is 8.17. The van der Waals surface area contributed by atoms with Crippen molar-refractivity contribution in [1.82, 2.24) is 5.01 Å². The lowest BCUT2D eigenvalue weighted by molar-refractivity contribution is -0.143. The van der Waals surface area contributed by atoms with E-state index in [9.17, 15) is 4.79 Å². The molecule has 1 unspecified atom stereocenters. The van der Waals surface area contributed by atoms with Crippen LogP contribution in [0.5, 0.6) is 0 Å². The van der Waals surface area contributed by atoms with Gasteiger partial charge in [-0.15, -0.1) is 0 Å². The molecule has 0 aromatic carbocycles. The van der Waals surface area contributed by atoms with Crippen LogP contribution in [0, 0.1) is 0 Å². The van der Waals surface area contributed by atoms with E-state index in [1.54, 1.807) is 13.3 Å². The van der Waals surface area contributed by atoms with E-state index in [0.717, 1.165) is 25.8 Å². The van der Waals surface area contributed by atoms with Gasteiger partial charge in [-0.05, 0) is 19.3 Å². The van der Waals surface area contributed by atoms with Crippen molar-refractivity contribution < 1.29 is 14.3 Å². The van der Waals surface area contributed by atoms with Gasteiger partial charge in [0.15, 0.2) is 0 Å². The molecular formula is C12H22N2O3. The van der Waals surface area contributed by atoms with Gasteiger partial charge in [0.05, 0.1) is 18.9 Å². The highest BCUT2D eigenvalue weighted by Crippen LogP contribution is 2.17. The second-order valence-corrected chi connectivity index (χ2v) is 4.24. The van der Waals surface area contributed by atoms with Crippen LogP contribution in [0.3, 0.4) is 0 Å². The molecule has 0 saturated carbocycles. The van der Waals surface area contributed by atoms with Crippen LogP contribution >= 0.6 is 0 Å². The monoisotopic (exact) mass is 242 g/mol. The molecule has 1 saturated heterocycles. The lowest BCUT2D eigenvalue weighted by Gasteiger charge is -2.21. The average Bonchev–Trinajstić information content (AvgIpc) is 2.72. The van der Waals surface area contributed by atoms with Crippen molar-refractivity contribution >= 4 is 12.2 Å². The molecule has 0 spiro atoms. The zero-order valence-electron chi connectivity index (χ0n) is 10.9. The van der Waals surface area contributed by atoms with Crippen LogP contribution < -0.4 is 0 Å². The molecule has 0 aliphatic carbocycles. The van der Waals surface area contributed by atoms with Crippen LogP contribution in [0.25, 0.3) is 0 Å². The summed E-state index contributed by atoms with van der Waals surface area (Å²) in [6.07, 6.45) is 4.48. The van der Waals surface area contributed by atoms with Crippen LogP contribution in [-0.4, -0.2) is 49.6 Å². The van der Waals surface area contributed by atoms with Crippen molar-refractivity contribution in [3.05, 3.63) is 0 Å². The summed E-state index contributed by atoms with van der Waals surface area (Å²) >= 11 is 0. The Hall–Kier alpha value is -1.10. The Labute approximate surface area is 103 Å². The highest BCUT2D eigenvalue weighted by Gasteiger charge is 2.22. The fourth-order valence-electron chi connectivity index (χ4n) is 1.93.